The van der Waals surface area contributed by atoms with Gasteiger partial charge in [-0.25, -0.2) is 8.78 Å². The second-order valence-corrected chi connectivity index (χ2v) is 6.74. The smallest absolute Gasteiger partial charge is 0.149 e. The van der Waals surface area contributed by atoms with Crippen molar-refractivity contribution >= 4 is 5.69 Å². The van der Waals surface area contributed by atoms with Crippen LogP contribution in [0.3, 0.4) is 0 Å². The average Bonchev–Trinajstić information content (AvgIpc) is 2.24. The summed E-state index contributed by atoms with van der Waals surface area (Å²) in [6, 6.07) is 2.65. The molecule has 0 amide bonds. The summed E-state index contributed by atoms with van der Waals surface area (Å²) in [5, 5.41) is 0. The Hall–Kier alpha value is -1.16. The Kier molecular flexibility index (Phi) is 5.14. The number of rotatable bonds is 4. The predicted octanol–water partition coefficient (Wildman–Crippen LogP) is 3.73. The molecule has 2 unspecified atom stereocenters. The van der Waals surface area contributed by atoms with Gasteiger partial charge in [0.15, 0.2) is 0 Å². The van der Waals surface area contributed by atoms with Crippen LogP contribution in [0.4, 0.5) is 14.5 Å². The first kappa shape index (κ1) is 16.9. The molecule has 0 radical (unpaired) electrons. The lowest BCUT2D eigenvalue weighted by molar-refractivity contribution is 0.326. The fourth-order valence-corrected chi connectivity index (χ4v) is 2.22. The van der Waals surface area contributed by atoms with Gasteiger partial charge in [-0.2, -0.15) is 0 Å². The van der Waals surface area contributed by atoms with Crippen LogP contribution in [0.25, 0.3) is 0 Å². The molecular formula is C16H26F2N2. The third-order valence-electron chi connectivity index (χ3n) is 3.82. The molecule has 1 aromatic carbocycles. The maximum atomic E-state index is 14.2. The summed E-state index contributed by atoms with van der Waals surface area (Å²) in [4.78, 5) is 1.67. The number of nitrogens with zero attached hydrogens (tertiary/aromatic N) is 1. The summed E-state index contributed by atoms with van der Waals surface area (Å²) in [5.74, 6) is -1.06. The third-order valence-corrected chi connectivity index (χ3v) is 3.82. The van der Waals surface area contributed by atoms with E-state index in [0.717, 1.165) is 0 Å². The lowest BCUT2D eigenvalue weighted by Crippen LogP contribution is -2.40. The highest BCUT2D eigenvalue weighted by Gasteiger charge is 2.27. The van der Waals surface area contributed by atoms with Crippen LogP contribution in [0.1, 0.15) is 40.2 Å². The topological polar surface area (TPSA) is 29.3 Å². The van der Waals surface area contributed by atoms with Gasteiger partial charge in [0.2, 0.25) is 0 Å². The van der Waals surface area contributed by atoms with E-state index in [1.807, 2.05) is 13.8 Å². The minimum atomic E-state index is -0.528. The quantitative estimate of drug-likeness (QED) is 0.913. The molecule has 20 heavy (non-hydrogen) atoms. The molecule has 0 heterocycles. The van der Waals surface area contributed by atoms with E-state index in [1.54, 1.807) is 11.9 Å². The molecule has 4 heteroatoms. The molecule has 0 saturated carbocycles. The lowest BCUT2D eigenvalue weighted by atomic mass is 9.87. The molecular weight excluding hydrogens is 258 g/mol. The molecule has 114 valence electrons. The van der Waals surface area contributed by atoms with Crippen molar-refractivity contribution in [2.45, 2.75) is 53.1 Å². The van der Waals surface area contributed by atoms with Crippen molar-refractivity contribution in [2.24, 2.45) is 11.1 Å². The second-order valence-electron chi connectivity index (χ2n) is 6.74. The van der Waals surface area contributed by atoms with Gasteiger partial charge in [-0.05, 0) is 43.4 Å². The molecule has 0 aliphatic carbocycles. The summed E-state index contributed by atoms with van der Waals surface area (Å²) in [6.07, 6.45) is 0.465. The molecule has 0 aliphatic rings. The normalized spacial score (nSPS) is 15.1. The Balaban J connectivity index is 3.14. The highest BCUT2D eigenvalue weighted by atomic mass is 19.1. The first-order chi connectivity index (χ1) is 9.04. The maximum absolute atomic E-state index is 14.2. The molecule has 1 aromatic rings. The van der Waals surface area contributed by atoms with Crippen LogP contribution in [0.2, 0.25) is 0 Å². The van der Waals surface area contributed by atoms with Gasteiger partial charge in [-0.15, -0.1) is 0 Å². The van der Waals surface area contributed by atoms with Crippen LogP contribution in [0, 0.1) is 17.0 Å². The fraction of sp³-hybridized carbons (Fsp3) is 0.625. The van der Waals surface area contributed by atoms with Gasteiger partial charge in [-0.3, -0.25) is 0 Å². The molecule has 2 N–H and O–H groups in total. The predicted molar refractivity (Wildman–Crippen MR) is 81.0 cm³/mol. The van der Waals surface area contributed by atoms with Crippen LogP contribution in [0.15, 0.2) is 12.1 Å². The molecule has 0 saturated heterocycles. The van der Waals surface area contributed by atoms with Gasteiger partial charge in [-0.1, -0.05) is 20.8 Å². The molecule has 1 rings (SSSR count). The van der Waals surface area contributed by atoms with E-state index in [9.17, 15) is 8.78 Å². The van der Waals surface area contributed by atoms with Crippen molar-refractivity contribution in [3.8, 4) is 0 Å². The summed E-state index contributed by atoms with van der Waals surface area (Å²) in [6.45, 7) is 9.93. The lowest BCUT2D eigenvalue weighted by Gasteiger charge is -2.37. The second kappa shape index (κ2) is 6.08. The minimum Gasteiger partial charge on any atom is -0.367 e. The molecule has 2 atom stereocenters. The summed E-state index contributed by atoms with van der Waals surface area (Å²) < 4.78 is 28.5. The maximum Gasteiger partial charge on any atom is 0.149 e. The SMILES string of the molecule is CC(N)Cc1cc(F)c(N(C)C(C)C(C)(C)C)c(F)c1. The molecule has 0 spiro atoms. The van der Waals surface area contributed by atoms with Gasteiger partial charge in [0.1, 0.15) is 17.3 Å². The molecule has 0 aliphatic heterocycles. The Bertz CT molecular complexity index is 441. The van der Waals surface area contributed by atoms with Crippen LogP contribution in [-0.4, -0.2) is 19.1 Å². The Morgan fingerprint density at radius 2 is 1.60 bits per heavy atom. The number of hydrogen-bond donors (Lipinski definition) is 1. The van der Waals surface area contributed by atoms with Crippen molar-refractivity contribution in [3.63, 3.8) is 0 Å². The molecule has 0 bridgehead atoms. The van der Waals surface area contributed by atoms with Gasteiger partial charge in [0, 0.05) is 19.1 Å². The monoisotopic (exact) mass is 284 g/mol. The Morgan fingerprint density at radius 3 is 1.95 bits per heavy atom. The molecule has 0 aromatic heterocycles. The largest absolute Gasteiger partial charge is 0.367 e. The summed E-state index contributed by atoms with van der Waals surface area (Å²) >= 11 is 0. The van der Waals surface area contributed by atoms with Crippen molar-refractivity contribution < 1.29 is 8.78 Å². The highest BCUT2D eigenvalue weighted by molar-refractivity contribution is 5.51. The Morgan fingerprint density at radius 1 is 1.15 bits per heavy atom. The van der Waals surface area contributed by atoms with E-state index >= 15 is 0 Å². The van der Waals surface area contributed by atoms with Crippen LogP contribution in [-0.2, 0) is 6.42 Å². The standard InChI is InChI=1S/C16H26F2N2/c1-10(19)7-12-8-13(17)15(14(18)9-12)20(6)11(2)16(3,4)5/h8-11H,7,19H2,1-6H3. The van der Waals surface area contributed by atoms with Crippen LogP contribution < -0.4 is 10.6 Å². The zero-order valence-electron chi connectivity index (χ0n) is 13.3. The highest BCUT2D eigenvalue weighted by Crippen LogP contribution is 2.31. The first-order valence-electron chi connectivity index (χ1n) is 7.00. The number of halogens is 2. The van der Waals surface area contributed by atoms with E-state index in [0.29, 0.717) is 12.0 Å². The van der Waals surface area contributed by atoms with E-state index in [2.05, 4.69) is 20.8 Å². The fourth-order valence-electron chi connectivity index (χ4n) is 2.22. The number of benzene rings is 1. The van der Waals surface area contributed by atoms with E-state index in [4.69, 9.17) is 5.73 Å². The van der Waals surface area contributed by atoms with Crippen LogP contribution in [0.5, 0.6) is 0 Å². The number of hydrogen-bond acceptors (Lipinski definition) is 2. The zero-order valence-corrected chi connectivity index (χ0v) is 13.3. The van der Waals surface area contributed by atoms with Gasteiger partial charge in [0.25, 0.3) is 0 Å². The van der Waals surface area contributed by atoms with Crippen molar-refractivity contribution in [1.82, 2.24) is 0 Å². The minimum absolute atomic E-state index is 0.00535. The zero-order chi connectivity index (χ0) is 15.7. The number of anilines is 1. The average molecular weight is 284 g/mol. The van der Waals surface area contributed by atoms with Crippen molar-refractivity contribution in [3.05, 3.63) is 29.3 Å². The van der Waals surface area contributed by atoms with Gasteiger partial charge in [0.05, 0.1) is 0 Å². The summed E-state index contributed by atoms with van der Waals surface area (Å²) in [5.41, 5.74) is 6.22. The van der Waals surface area contributed by atoms with Crippen molar-refractivity contribution in [1.29, 1.82) is 0 Å². The van der Waals surface area contributed by atoms with Crippen LogP contribution >= 0.6 is 0 Å². The van der Waals surface area contributed by atoms with E-state index < -0.39 is 11.6 Å². The Labute approximate surface area is 121 Å². The van der Waals surface area contributed by atoms with E-state index in [-0.39, 0.29) is 23.2 Å². The molecule has 2 nitrogen and oxygen atoms in total. The molecule has 0 fully saturated rings. The van der Waals surface area contributed by atoms with Crippen molar-refractivity contribution in [2.75, 3.05) is 11.9 Å². The third kappa shape index (κ3) is 3.92. The van der Waals surface area contributed by atoms with Gasteiger partial charge < -0.3 is 10.6 Å². The van der Waals surface area contributed by atoms with Gasteiger partial charge >= 0.3 is 0 Å². The summed E-state index contributed by atoms with van der Waals surface area (Å²) in [7, 11) is 1.72. The first-order valence-corrected chi connectivity index (χ1v) is 7.00. The van der Waals surface area contributed by atoms with E-state index in [1.165, 1.54) is 12.1 Å². The number of nitrogens with two attached hydrogens (primary N) is 1.